The van der Waals surface area contributed by atoms with Crippen LogP contribution in [0.5, 0.6) is 0 Å². The van der Waals surface area contributed by atoms with Crippen LogP contribution in [0.4, 0.5) is 10.1 Å². The molecule has 0 saturated carbocycles. The summed E-state index contributed by atoms with van der Waals surface area (Å²) < 4.78 is 14.1. The van der Waals surface area contributed by atoms with Gasteiger partial charge in [0, 0.05) is 36.5 Å². The lowest BCUT2D eigenvalue weighted by Crippen LogP contribution is -2.40. The summed E-state index contributed by atoms with van der Waals surface area (Å²) in [5.74, 6) is -0.656. The lowest BCUT2D eigenvalue weighted by atomic mass is 10.1. The Hall–Kier alpha value is -2.38. The van der Waals surface area contributed by atoms with E-state index in [1.54, 1.807) is 23.1 Å². The highest BCUT2D eigenvalue weighted by atomic mass is 32.2. The van der Waals surface area contributed by atoms with Crippen molar-refractivity contribution in [3.05, 3.63) is 59.9 Å². The zero-order chi connectivity index (χ0) is 20.1. The van der Waals surface area contributed by atoms with Crippen molar-refractivity contribution in [3.8, 4) is 0 Å². The summed E-state index contributed by atoms with van der Waals surface area (Å²) in [6, 6.07) is 14.0. The summed E-state index contributed by atoms with van der Waals surface area (Å²) in [7, 11) is 3.85. The predicted molar refractivity (Wildman–Crippen MR) is 110 cm³/mol. The lowest BCUT2D eigenvalue weighted by Gasteiger charge is -2.28. The summed E-state index contributed by atoms with van der Waals surface area (Å²) >= 11 is 1.40. The van der Waals surface area contributed by atoms with Crippen molar-refractivity contribution in [2.24, 2.45) is 0 Å². The van der Waals surface area contributed by atoms with Crippen LogP contribution in [0, 0.1) is 5.82 Å². The summed E-state index contributed by atoms with van der Waals surface area (Å²) in [5.41, 5.74) is 1.25. The molecular weight excluding hydrogens is 377 g/mol. The van der Waals surface area contributed by atoms with Crippen molar-refractivity contribution >= 4 is 29.3 Å². The number of nitrogens with zero attached hydrogens (tertiary/aromatic N) is 2. The van der Waals surface area contributed by atoms with Crippen LogP contribution in [0.3, 0.4) is 0 Å². The normalized spacial score (nSPS) is 15.9. The Kier molecular flexibility index (Phi) is 6.70. The average Bonchev–Trinajstić information content (AvgIpc) is 2.66. The van der Waals surface area contributed by atoms with Gasteiger partial charge in [0.15, 0.2) is 0 Å². The number of nitrogens with one attached hydrogen (secondary N) is 1. The largest absolute Gasteiger partial charge is 0.337 e. The van der Waals surface area contributed by atoms with E-state index in [-0.39, 0.29) is 30.6 Å². The number of hydrogen-bond donors (Lipinski definition) is 1. The number of halogens is 1. The molecule has 148 valence electrons. The fraction of sp³-hybridized carbons (Fsp3) is 0.333. The van der Waals surface area contributed by atoms with E-state index in [4.69, 9.17) is 0 Å². The van der Waals surface area contributed by atoms with E-state index >= 15 is 0 Å². The quantitative estimate of drug-likeness (QED) is 0.774. The van der Waals surface area contributed by atoms with Gasteiger partial charge in [-0.05, 0) is 32.3 Å². The molecule has 0 fully saturated rings. The number of anilines is 1. The first kappa shape index (κ1) is 20.4. The Bertz CT molecular complexity index is 859. The van der Waals surface area contributed by atoms with E-state index in [0.717, 1.165) is 10.6 Å². The topological polar surface area (TPSA) is 52.6 Å². The second-order valence-corrected chi connectivity index (χ2v) is 8.25. The van der Waals surface area contributed by atoms with E-state index in [1.807, 2.05) is 43.3 Å². The van der Waals surface area contributed by atoms with Crippen LogP contribution in [-0.2, 0) is 16.1 Å². The van der Waals surface area contributed by atoms with Gasteiger partial charge in [-0.25, -0.2) is 4.39 Å². The first-order chi connectivity index (χ1) is 13.4. The van der Waals surface area contributed by atoms with Gasteiger partial charge in [0.1, 0.15) is 5.82 Å². The Balaban J connectivity index is 1.72. The number of rotatable bonds is 7. The van der Waals surface area contributed by atoms with E-state index in [2.05, 4.69) is 5.32 Å². The molecule has 1 atom stereocenters. The molecule has 0 bridgehead atoms. The highest BCUT2D eigenvalue weighted by Gasteiger charge is 2.30. The van der Waals surface area contributed by atoms with Gasteiger partial charge >= 0.3 is 0 Å². The van der Waals surface area contributed by atoms with Crippen molar-refractivity contribution in [2.45, 2.75) is 23.1 Å². The molecule has 2 amide bonds. The maximum Gasteiger partial charge on any atom is 0.238 e. The summed E-state index contributed by atoms with van der Waals surface area (Å²) in [6.45, 7) is 1.32. The van der Waals surface area contributed by atoms with Crippen molar-refractivity contribution in [1.82, 2.24) is 9.80 Å². The molecule has 1 heterocycles. The minimum Gasteiger partial charge on any atom is -0.337 e. The molecule has 5 nitrogen and oxygen atoms in total. The second kappa shape index (κ2) is 9.21. The van der Waals surface area contributed by atoms with E-state index in [1.165, 1.54) is 17.8 Å². The van der Waals surface area contributed by atoms with Gasteiger partial charge < -0.3 is 15.1 Å². The van der Waals surface area contributed by atoms with Crippen molar-refractivity contribution in [2.75, 3.05) is 32.5 Å². The number of amides is 2. The third-order valence-corrected chi connectivity index (χ3v) is 5.83. The van der Waals surface area contributed by atoms with Crippen molar-refractivity contribution < 1.29 is 14.0 Å². The van der Waals surface area contributed by atoms with Crippen molar-refractivity contribution in [3.63, 3.8) is 0 Å². The second-order valence-electron chi connectivity index (χ2n) is 7.01. The molecule has 0 radical (unpaired) electrons. The summed E-state index contributed by atoms with van der Waals surface area (Å²) in [5, 5.41) is 2.37. The number of thioether (sulfide) groups is 1. The molecule has 0 saturated heterocycles. The maximum absolute atomic E-state index is 14.1. The first-order valence-corrected chi connectivity index (χ1v) is 10.0. The van der Waals surface area contributed by atoms with Gasteiger partial charge in [0.25, 0.3) is 0 Å². The third kappa shape index (κ3) is 5.11. The molecule has 0 aliphatic carbocycles. The van der Waals surface area contributed by atoms with Crippen LogP contribution in [0.25, 0.3) is 0 Å². The van der Waals surface area contributed by atoms with Gasteiger partial charge in [-0.15, -0.1) is 11.8 Å². The standard InChI is InChI=1S/C21H24FN3O2S/c1-24(2)11-12-25(14-15-7-3-4-8-16(15)22)20(26)13-19-21(27)23-17-9-5-6-10-18(17)28-19/h3-10,19H,11-14H2,1-2H3,(H,23,27). The number of para-hydroxylation sites is 1. The Morgan fingerprint density at radius 2 is 1.82 bits per heavy atom. The Morgan fingerprint density at radius 1 is 1.11 bits per heavy atom. The molecule has 1 aliphatic rings. The maximum atomic E-state index is 14.1. The molecule has 0 aromatic heterocycles. The van der Waals surface area contributed by atoms with Gasteiger partial charge in [-0.1, -0.05) is 30.3 Å². The molecule has 2 aromatic rings. The van der Waals surface area contributed by atoms with Crippen molar-refractivity contribution in [1.29, 1.82) is 0 Å². The highest BCUT2D eigenvalue weighted by Crippen LogP contribution is 2.36. The van der Waals surface area contributed by atoms with Gasteiger partial charge in [-0.3, -0.25) is 9.59 Å². The molecule has 2 aromatic carbocycles. The number of fused-ring (bicyclic) bond motifs is 1. The van der Waals surface area contributed by atoms with Crippen LogP contribution in [-0.4, -0.2) is 54.0 Å². The Labute approximate surface area is 168 Å². The molecule has 28 heavy (non-hydrogen) atoms. The highest BCUT2D eigenvalue weighted by molar-refractivity contribution is 8.01. The van der Waals surface area contributed by atoms with Gasteiger partial charge in [0.2, 0.25) is 11.8 Å². The fourth-order valence-corrected chi connectivity index (χ4v) is 4.06. The zero-order valence-electron chi connectivity index (χ0n) is 16.0. The van der Waals surface area contributed by atoms with Crippen LogP contribution in [0.2, 0.25) is 0 Å². The molecule has 1 unspecified atom stereocenters. The fourth-order valence-electron chi connectivity index (χ4n) is 2.96. The molecule has 7 heteroatoms. The average molecular weight is 402 g/mol. The molecule has 1 N–H and O–H groups in total. The van der Waals surface area contributed by atoms with E-state index in [9.17, 15) is 14.0 Å². The first-order valence-electron chi connectivity index (χ1n) is 9.16. The van der Waals surface area contributed by atoms with Gasteiger partial charge in [-0.2, -0.15) is 0 Å². The van der Waals surface area contributed by atoms with Gasteiger partial charge in [0.05, 0.1) is 10.9 Å². The third-order valence-electron chi connectivity index (χ3n) is 4.56. The number of carbonyl (C=O) groups is 2. The smallest absolute Gasteiger partial charge is 0.238 e. The number of benzene rings is 2. The van der Waals surface area contributed by atoms with E-state index < -0.39 is 5.25 Å². The lowest BCUT2D eigenvalue weighted by molar-refractivity contribution is -0.133. The minimum absolute atomic E-state index is 0.0761. The van der Waals surface area contributed by atoms with E-state index in [0.29, 0.717) is 18.7 Å². The number of likely N-dealkylation sites (N-methyl/N-ethyl adjacent to an activating group) is 1. The molecular formula is C21H24FN3O2S. The summed E-state index contributed by atoms with van der Waals surface area (Å²) in [6.07, 6.45) is 0.0761. The molecule has 3 rings (SSSR count). The monoisotopic (exact) mass is 401 g/mol. The SMILES string of the molecule is CN(C)CCN(Cc1ccccc1F)C(=O)CC1Sc2ccccc2NC1=O. The van der Waals surface area contributed by atoms with Crippen LogP contribution in [0.15, 0.2) is 53.4 Å². The summed E-state index contributed by atoms with van der Waals surface area (Å²) in [4.78, 5) is 30.0. The minimum atomic E-state index is -0.495. The van der Waals surface area contributed by atoms with Crippen LogP contribution < -0.4 is 5.32 Å². The van der Waals surface area contributed by atoms with Crippen LogP contribution in [0.1, 0.15) is 12.0 Å². The Morgan fingerprint density at radius 3 is 2.57 bits per heavy atom. The van der Waals surface area contributed by atoms with Crippen LogP contribution >= 0.6 is 11.8 Å². The zero-order valence-corrected chi connectivity index (χ0v) is 16.8. The number of carbonyl (C=O) groups excluding carboxylic acids is 2. The molecule has 1 aliphatic heterocycles. The number of hydrogen-bond acceptors (Lipinski definition) is 4. The predicted octanol–water partition coefficient (Wildman–Crippen LogP) is 3.22. The molecule has 0 spiro atoms.